The van der Waals surface area contributed by atoms with Crippen LogP contribution in [-0.2, 0) is 14.3 Å². The second kappa shape index (κ2) is 7.44. The fourth-order valence-electron chi connectivity index (χ4n) is 0.908. The quantitative estimate of drug-likeness (QED) is 0.432. The maximum Gasteiger partial charge on any atom is 0.328 e. The highest BCUT2D eigenvalue weighted by molar-refractivity contribution is 5.86. The third-order valence-corrected chi connectivity index (χ3v) is 1.77. The minimum atomic E-state index is -1.41. The molecule has 0 aromatic heterocycles. The first-order valence-corrected chi connectivity index (χ1v) is 4.99. The number of nitrogens with one attached hydrogen (secondary N) is 2. The van der Waals surface area contributed by atoms with Gasteiger partial charge in [-0.15, -0.1) is 0 Å². The molecule has 0 aliphatic heterocycles. The number of carboxylic acids is 1. The maximum atomic E-state index is 11.2. The third-order valence-electron chi connectivity index (χ3n) is 1.77. The zero-order valence-corrected chi connectivity index (χ0v) is 9.60. The van der Waals surface area contributed by atoms with Gasteiger partial charge in [0.1, 0.15) is 6.04 Å². The minimum absolute atomic E-state index is 0.181. The summed E-state index contributed by atoms with van der Waals surface area (Å²) in [6.45, 7) is 2.46. The molecule has 0 aromatic carbocycles. The molecule has 1 unspecified atom stereocenters. The van der Waals surface area contributed by atoms with Crippen molar-refractivity contribution in [2.75, 3.05) is 13.2 Å². The van der Waals surface area contributed by atoms with Crippen molar-refractivity contribution in [1.29, 1.82) is 0 Å². The predicted molar refractivity (Wildman–Crippen MR) is 56.3 cm³/mol. The van der Waals surface area contributed by atoms with Crippen LogP contribution in [0.25, 0.3) is 0 Å². The molecule has 0 aliphatic carbocycles. The molecule has 2 atom stereocenters. The van der Waals surface area contributed by atoms with Gasteiger partial charge >= 0.3 is 18.0 Å². The molecule has 0 saturated carbocycles. The van der Waals surface area contributed by atoms with E-state index in [4.69, 9.17) is 10.2 Å². The van der Waals surface area contributed by atoms with Gasteiger partial charge < -0.3 is 25.6 Å². The summed E-state index contributed by atoms with van der Waals surface area (Å²) in [5.74, 6) is -2.00. The lowest BCUT2D eigenvalue weighted by Gasteiger charge is -2.16. The summed E-state index contributed by atoms with van der Waals surface area (Å²) in [5, 5.41) is 21.4. The highest BCUT2D eigenvalue weighted by atomic mass is 16.5. The second-order valence-corrected chi connectivity index (χ2v) is 3.16. The molecule has 4 N–H and O–H groups in total. The van der Waals surface area contributed by atoms with Crippen LogP contribution < -0.4 is 10.6 Å². The number of esters is 1. The van der Waals surface area contributed by atoms with Crippen molar-refractivity contribution >= 4 is 18.0 Å². The number of hydrogen-bond acceptors (Lipinski definition) is 5. The number of carboxylic acid groups (broad SMARTS) is 1. The topological polar surface area (TPSA) is 125 Å². The van der Waals surface area contributed by atoms with Gasteiger partial charge in [0.2, 0.25) is 0 Å². The first-order valence-electron chi connectivity index (χ1n) is 4.99. The summed E-state index contributed by atoms with van der Waals surface area (Å²) in [6.07, 6.45) is 0. The third kappa shape index (κ3) is 5.71. The number of carbonyl (C=O) groups is 3. The second-order valence-electron chi connectivity index (χ2n) is 3.16. The van der Waals surface area contributed by atoms with Crippen LogP contribution in [0.15, 0.2) is 0 Å². The molecular formula is C9H16N2O6. The summed E-state index contributed by atoms with van der Waals surface area (Å²) >= 11 is 0. The van der Waals surface area contributed by atoms with Gasteiger partial charge in [0.05, 0.1) is 13.2 Å². The molecule has 0 heterocycles. The summed E-state index contributed by atoms with van der Waals surface area (Å²) in [5.41, 5.74) is 0. The largest absolute Gasteiger partial charge is 0.480 e. The van der Waals surface area contributed by atoms with E-state index in [9.17, 15) is 14.4 Å². The number of carbonyl (C=O) groups excluding carboxylic acids is 2. The monoisotopic (exact) mass is 248 g/mol. The van der Waals surface area contributed by atoms with Crippen molar-refractivity contribution < 1.29 is 29.3 Å². The number of hydrogen-bond donors (Lipinski definition) is 4. The Bertz CT molecular complexity index is 293. The summed E-state index contributed by atoms with van der Waals surface area (Å²) in [6, 6.07) is -3.18. The van der Waals surface area contributed by atoms with Gasteiger partial charge in [-0.2, -0.15) is 0 Å². The lowest BCUT2D eigenvalue weighted by atomic mass is 10.3. The van der Waals surface area contributed by atoms with E-state index in [0.717, 1.165) is 0 Å². The minimum Gasteiger partial charge on any atom is -0.480 e. The fourth-order valence-corrected chi connectivity index (χ4v) is 0.908. The average Bonchev–Trinajstić information content (AvgIpc) is 2.25. The Morgan fingerprint density at radius 1 is 1.29 bits per heavy atom. The number of urea groups is 1. The standard InChI is InChI=1S/C9H16N2O6/c1-3-17-8(15)5(2)10-9(16)11-6(4-12)7(13)14/h5-6,12H,3-4H2,1-2H3,(H,13,14)(H2,10,11,16)/t5?,6-/m0/s1. The van der Waals surface area contributed by atoms with E-state index in [2.05, 4.69) is 10.1 Å². The molecule has 17 heavy (non-hydrogen) atoms. The molecule has 98 valence electrons. The van der Waals surface area contributed by atoms with Gasteiger partial charge in [-0.3, -0.25) is 0 Å². The van der Waals surface area contributed by atoms with Gasteiger partial charge in [-0.1, -0.05) is 0 Å². The normalized spacial score (nSPS) is 13.4. The van der Waals surface area contributed by atoms with E-state index in [-0.39, 0.29) is 6.61 Å². The Morgan fingerprint density at radius 2 is 1.88 bits per heavy atom. The van der Waals surface area contributed by atoms with Crippen LogP contribution in [0.2, 0.25) is 0 Å². The Kier molecular flexibility index (Phi) is 6.64. The molecule has 8 nitrogen and oxygen atoms in total. The van der Waals surface area contributed by atoms with Crippen LogP contribution in [0, 0.1) is 0 Å². The number of ether oxygens (including phenoxy) is 1. The molecule has 0 bridgehead atoms. The van der Waals surface area contributed by atoms with Crippen LogP contribution >= 0.6 is 0 Å². The van der Waals surface area contributed by atoms with E-state index in [1.165, 1.54) is 6.92 Å². The van der Waals surface area contributed by atoms with Crippen molar-refractivity contribution in [2.45, 2.75) is 25.9 Å². The number of rotatable bonds is 6. The zero-order chi connectivity index (χ0) is 13.4. The van der Waals surface area contributed by atoms with Gasteiger partial charge in [-0.25, -0.2) is 14.4 Å². The Balaban J connectivity index is 4.17. The van der Waals surface area contributed by atoms with E-state index >= 15 is 0 Å². The van der Waals surface area contributed by atoms with Gasteiger partial charge in [0, 0.05) is 0 Å². The Labute approximate surface area is 97.9 Å². The van der Waals surface area contributed by atoms with Crippen molar-refractivity contribution in [3.8, 4) is 0 Å². The van der Waals surface area contributed by atoms with E-state index in [1.54, 1.807) is 6.92 Å². The first-order chi connectivity index (χ1) is 7.92. The predicted octanol–water partition coefficient (Wildman–Crippen LogP) is -1.32. The SMILES string of the molecule is CCOC(=O)C(C)NC(=O)N[C@@H](CO)C(=O)O. The number of aliphatic hydroxyl groups excluding tert-OH is 1. The highest BCUT2D eigenvalue weighted by Crippen LogP contribution is 1.89. The molecule has 2 amide bonds. The number of aliphatic hydroxyl groups is 1. The van der Waals surface area contributed by atoms with Crippen LogP contribution in [-0.4, -0.2) is 53.5 Å². The average molecular weight is 248 g/mol. The molecule has 0 spiro atoms. The molecule has 0 aromatic rings. The molecule has 8 heteroatoms. The molecule has 0 radical (unpaired) electrons. The van der Waals surface area contributed by atoms with E-state index in [1.807, 2.05) is 5.32 Å². The van der Waals surface area contributed by atoms with Crippen molar-refractivity contribution in [3.05, 3.63) is 0 Å². The van der Waals surface area contributed by atoms with Gasteiger partial charge in [0.25, 0.3) is 0 Å². The van der Waals surface area contributed by atoms with Crippen molar-refractivity contribution in [3.63, 3.8) is 0 Å². The highest BCUT2D eigenvalue weighted by Gasteiger charge is 2.21. The van der Waals surface area contributed by atoms with Gasteiger partial charge in [-0.05, 0) is 13.8 Å². The van der Waals surface area contributed by atoms with Crippen molar-refractivity contribution in [1.82, 2.24) is 10.6 Å². The zero-order valence-electron chi connectivity index (χ0n) is 9.60. The smallest absolute Gasteiger partial charge is 0.328 e. The summed E-state index contributed by atoms with van der Waals surface area (Å²) < 4.78 is 4.64. The van der Waals surface area contributed by atoms with Crippen LogP contribution in [0.1, 0.15) is 13.8 Å². The number of aliphatic carboxylic acids is 1. The first kappa shape index (κ1) is 15.2. The molecule has 0 fully saturated rings. The molecule has 0 saturated heterocycles. The van der Waals surface area contributed by atoms with Gasteiger partial charge in [0.15, 0.2) is 6.04 Å². The van der Waals surface area contributed by atoms with Crippen LogP contribution in [0.3, 0.4) is 0 Å². The molecule has 0 aliphatic rings. The fraction of sp³-hybridized carbons (Fsp3) is 0.667. The Hall–Kier alpha value is -1.83. The van der Waals surface area contributed by atoms with E-state index in [0.29, 0.717) is 0 Å². The van der Waals surface area contributed by atoms with Crippen LogP contribution in [0.5, 0.6) is 0 Å². The van der Waals surface area contributed by atoms with E-state index < -0.39 is 36.7 Å². The summed E-state index contributed by atoms with van der Waals surface area (Å²) in [7, 11) is 0. The van der Waals surface area contributed by atoms with Crippen LogP contribution in [0.4, 0.5) is 4.79 Å². The Morgan fingerprint density at radius 3 is 2.29 bits per heavy atom. The maximum absolute atomic E-state index is 11.2. The van der Waals surface area contributed by atoms with Crippen molar-refractivity contribution in [2.24, 2.45) is 0 Å². The number of amides is 2. The molecular weight excluding hydrogens is 232 g/mol. The lowest BCUT2D eigenvalue weighted by molar-refractivity contribution is -0.144. The molecule has 0 rings (SSSR count). The summed E-state index contributed by atoms with van der Waals surface area (Å²) in [4.78, 5) is 32.9. The lowest BCUT2D eigenvalue weighted by Crippen LogP contribution is -2.51.